The highest BCUT2D eigenvalue weighted by Gasteiger charge is 2.26. The Kier molecular flexibility index (Phi) is 5.51. The first kappa shape index (κ1) is 17.6. The average molecular weight is 315 g/mol. The number of amides is 1. The molecular formula is C20H29NO2. The van der Waals surface area contributed by atoms with E-state index in [1.807, 2.05) is 25.7 Å². The molecule has 1 fully saturated rings. The van der Waals surface area contributed by atoms with Gasteiger partial charge in [-0.2, -0.15) is 0 Å². The van der Waals surface area contributed by atoms with E-state index in [1.54, 1.807) is 0 Å². The van der Waals surface area contributed by atoms with E-state index >= 15 is 0 Å². The standard InChI is InChI=1S/C20H29NO2/c1-15-8-6-9-16(2)18(15)12-11-17-10-7-13-21(14-17)19(22)23-20(3,4)5/h6,8-9,11-12,17H,7,10,13-14H2,1-5H3/b12-11+. The average Bonchev–Trinajstić information content (AvgIpc) is 2.45. The molecule has 0 radical (unpaired) electrons. The maximum absolute atomic E-state index is 12.2. The third-order valence-corrected chi connectivity index (χ3v) is 4.19. The number of carbonyl (C=O) groups is 1. The van der Waals surface area contributed by atoms with E-state index in [0.29, 0.717) is 5.92 Å². The minimum atomic E-state index is -0.432. The summed E-state index contributed by atoms with van der Waals surface area (Å²) in [7, 11) is 0. The predicted octanol–water partition coefficient (Wildman–Crippen LogP) is 4.96. The van der Waals surface area contributed by atoms with E-state index < -0.39 is 5.60 Å². The Labute approximate surface area is 140 Å². The zero-order valence-corrected chi connectivity index (χ0v) is 15.1. The second-order valence-electron chi connectivity index (χ2n) is 7.49. The summed E-state index contributed by atoms with van der Waals surface area (Å²) < 4.78 is 5.49. The molecule has 3 nitrogen and oxygen atoms in total. The summed E-state index contributed by atoms with van der Waals surface area (Å²) >= 11 is 0. The first-order valence-electron chi connectivity index (χ1n) is 8.48. The number of hydrogen-bond donors (Lipinski definition) is 0. The fourth-order valence-electron chi connectivity index (χ4n) is 2.98. The Morgan fingerprint density at radius 2 is 1.91 bits per heavy atom. The van der Waals surface area contributed by atoms with Crippen LogP contribution in [-0.4, -0.2) is 29.7 Å². The van der Waals surface area contributed by atoms with Crippen LogP contribution in [0.15, 0.2) is 24.3 Å². The van der Waals surface area contributed by atoms with Crippen molar-refractivity contribution in [2.45, 2.75) is 53.1 Å². The van der Waals surface area contributed by atoms with Crippen LogP contribution in [0.2, 0.25) is 0 Å². The number of benzene rings is 1. The number of hydrogen-bond acceptors (Lipinski definition) is 2. The monoisotopic (exact) mass is 315 g/mol. The summed E-state index contributed by atoms with van der Waals surface area (Å²) in [5, 5.41) is 0. The van der Waals surface area contributed by atoms with Crippen molar-refractivity contribution < 1.29 is 9.53 Å². The molecule has 3 heteroatoms. The molecule has 2 rings (SSSR count). The van der Waals surface area contributed by atoms with E-state index in [0.717, 1.165) is 25.9 Å². The molecule has 0 spiro atoms. The molecule has 1 aromatic carbocycles. The van der Waals surface area contributed by atoms with Gasteiger partial charge in [0.25, 0.3) is 0 Å². The van der Waals surface area contributed by atoms with Gasteiger partial charge in [0.2, 0.25) is 0 Å². The van der Waals surface area contributed by atoms with Gasteiger partial charge in [-0.1, -0.05) is 30.4 Å². The number of piperidine rings is 1. The number of nitrogens with zero attached hydrogens (tertiary/aromatic N) is 1. The van der Waals surface area contributed by atoms with E-state index in [4.69, 9.17) is 4.74 Å². The lowest BCUT2D eigenvalue weighted by molar-refractivity contribution is 0.0187. The number of aryl methyl sites for hydroxylation is 2. The van der Waals surface area contributed by atoms with Crippen molar-refractivity contribution in [1.29, 1.82) is 0 Å². The highest BCUT2D eigenvalue weighted by Crippen LogP contribution is 2.22. The maximum Gasteiger partial charge on any atom is 0.410 e. The topological polar surface area (TPSA) is 29.5 Å². The summed E-state index contributed by atoms with van der Waals surface area (Å²) in [5.41, 5.74) is 3.45. The molecule has 1 atom stereocenters. The summed E-state index contributed by atoms with van der Waals surface area (Å²) in [4.78, 5) is 14.1. The Bertz CT molecular complexity index is 564. The Morgan fingerprint density at radius 3 is 2.52 bits per heavy atom. The first-order valence-corrected chi connectivity index (χ1v) is 8.48. The molecule has 0 aliphatic carbocycles. The Balaban J connectivity index is 2.01. The van der Waals surface area contributed by atoms with Crippen molar-refractivity contribution in [1.82, 2.24) is 4.90 Å². The van der Waals surface area contributed by atoms with Crippen LogP contribution < -0.4 is 0 Å². The molecule has 1 aliphatic rings. The predicted molar refractivity (Wildman–Crippen MR) is 95.5 cm³/mol. The van der Waals surface area contributed by atoms with Gasteiger partial charge in [-0.05, 0) is 70.1 Å². The van der Waals surface area contributed by atoms with Gasteiger partial charge in [0, 0.05) is 13.1 Å². The number of carbonyl (C=O) groups excluding carboxylic acids is 1. The van der Waals surface area contributed by atoms with Gasteiger partial charge in [0.15, 0.2) is 0 Å². The van der Waals surface area contributed by atoms with Crippen molar-refractivity contribution >= 4 is 12.2 Å². The molecule has 1 amide bonds. The van der Waals surface area contributed by atoms with Gasteiger partial charge < -0.3 is 9.64 Å². The lowest BCUT2D eigenvalue weighted by Crippen LogP contribution is -2.42. The third kappa shape index (κ3) is 5.12. The van der Waals surface area contributed by atoms with Crippen LogP contribution >= 0.6 is 0 Å². The maximum atomic E-state index is 12.2. The summed E-state index contributed by atoms with van der Waals surface area (Å²) in [6, 6.07) is 6.37. The van der Waals surface area contributed by atoms with Crippen LogP contribution in [0, 0.1) is 19.8 Å². The summed E-state index contributed by atoms with van der Waals surface area (Å²) in [6.45, 7) is 11.5. The van der Waals surface area contributed by atoms with Gasteiger partial charge in [0.05, 0.1) is 0 Å². The highest BCUT2D eigenvalue weighted by atomic mass is 16.6. The van der Waals surface area contributed by atoms with Gasteiger partial charge in [-0.3, -0.25) is 0 Å². The van der Waals surface area contributed by atoms with Crippen LogP contribution in [0.3, 0.4) is 0 Å². The fraction of sp³-hybridized carbons (Fsp3) is 0.550. The van der Waals surface area contributed by atoms with Gasteiger partial charge >= 0.3 is 6.09 Å². The molecule has 1 unspecified atom stereocenters. The van der Waals surface area contributed by atoms with E-state index in [2.05, 4.69) is 44.2 Å². The quantitative estimate of drug-likeness (QED) is 0.771. The van der Waals surface area contributed by atoms with Gasteiger partial charge in [-0.15, -0.1) is 0 Å². The Hall–Kier alpha value is -1.77. The van der Waals surface area contributed by atoms with E-state index in [9.17, 15) is 4.79 Å². The molecule has 23 heavy (non-hydrogen) atoms. The summed E-state index contributed by atoms with van der Waals surface area (Å²) in [5.74, 6) is 0.398. The van der Waals surface area contributed by atoms with Crippen LogP contribution in [0.5, 0.6) is 0 Å². The van der Waals surface area contributed by atoms with Crippen LogP contribution in [0.4, 0.5) is 4.79 Å². The molecule has 1 aliphatic heterocycles. The molecular weight excluding hydrogens is 286 g/mol. The molecule has 0 N–H and O–H groups in total. The van der Waals surface area contributed by atoms with Crippen LogP contribution in [0.1, 0.15) is 50.3 Å². The molecule has 1 aromatic rings. The van der Waals surface area contributed by atoms with Crippen molar-refractivity contribution in [3.8, 4) is 0 Å². The SMILES string of the molecule is Cc1cccc(C)c1/C=C/C1CCCN(C(=O)OC(C)(C)C)C1. The van der Waals surface area contributed by atoms with E-state index in [1.165, 1.54) is 16.7 Å². The largest absolute Gasteiger partial charge is 0.444 e. The van der Waals surface area contributed by atoms with E-state index in [-0.39, 0.29) is 6.09 Å². The minimum Gasteiger partial charge on any atom is -0.444 e. The molecule has 0 aromatic heterocycles. The van der Waals surface area contributed by atoms with Gasteiger partial charge in [0.1, 0.15) is 5.60 Å². The molecule has 1 heterocycles. The van der Waals surface area contributed by atoms with Crippen LogP contribution in [-0.2, 0) is 4.74 Å². The fourth-order valence-corrected chi connectivity index (χ4v) is 2.98. The van der Waals surface area contributed by atoms with Crippen molar-refractivity contribution in [2.75, 3.05) is 13.1 Å². The smallest absolute Gasteiger partial charge is 0.410 e. The number of likely N-dealkylation sites (tertiary alicyclic amines) is 1. The zero-order valence-electron chi connectivity index (χ0n) is 15.1. The number of ether oxygens (including phenoxy) is 1. The van der Waals surface area contributed by atoms with Gasteiger partial charge in [-0.25, -0.2) is 4.79 Å². The molecule has 1 saturated heterocycles. The zero-order chi connectivity index (χ0) is 17.0. The third-order valence-electron chi connectivity index (χ3n) is 4.19. The molecule has 126 valence electrons. The molecule has 0 bridgehead atoms. The lowest BCUT2D eigenvalue weighted by atomic mass is 9.95. The lowest BCUT2D eigenvalue weighted by Gasteiger charge is -2.33. The van der Waals surface area contributed by atoms with Crippen molar-refractivity contribution in [2.24, 2.45) is 5.92 Å². The first-order chi connectivity index (χ1) is 10.8. The van der Waals surface area contributed by atoms with Crippen LogP contribution in [0.25, 0.3) is 6.08 Å². The number of rotatable bonds is 2. The second kappa shape index (κ2) is 7.20. The second-order valence-corrected chi connectivity index (χ2v) is 7.49. The Morgan fingerprint density at radius 1 is 1.26 bits per heavy atom. The highest BCUT2D eigenvalue weighted by molar-refractivity contribution is 5.68. The van der Waals surface area contributed by atoms with Crippen molar-refractivity contribution in [3.05, 3.63) is 41.0 Å². The van der Waals surface area contributed by atoms with Crippen molar-refractivity contribution in [3.63, 3.8) is 0 Å². The molecule has 0 saturated carbocycles. The normalized spacial score (nSPS) is 19.2. The summed E-state index contributed by atoms with van der Waals surface area (Å²) in [6.07, 6.45) is 6.43. The minimum absolute atomic E-state index is 0.192.